The molecule has 1 aliphatic carbocycles. The number of aryl methyl sites for hydroxylation is 2. The maximum Gasteiger partial charge on any atom is 0.269 e. The fourth-order valence-electron chi connectivity index (χ4n) is 4.84. The molecule has 0 saturated heterocycles. The standard InChI is InChI=1S/C26H27N5O3S/c1-15-5-6-16(2)18(11-15)14-35-25-28-24-27-20-12-26(3,4)13-21(32)22(20)23(30(24)29-25)17-7-9-19(10-8-17)31(33)34/h5-11,23H,12-14H2,1-4H3,(H,27,28,29)/t23-/m1/s1. The average Bonchev–Trinajstić information content (AvgIpc) is 3.20. The minimum absolute atomic E-state index is 0.0107. The number of carbonyl (C=O) groups is 1. The van der Waals surface area contributed by atoms with E-state index in [-0.39, 0.29) is 16.9 Å². The van der Waals surface area contributed by atoms with Crippen molar-refractivity contribution in [3.63, 3.8) is 0 Å². The average molecular weight is 490 g/mol. The Hall–Kier alpha value is -3.46. The zero-order chi connectivity index (χ0) is 24.9. The number of nitrogens with zero attached hydrogens (tertiary/aromatic N) is 4. The number of ketones is 1. The van der Waals surface area contributed by atoms with Crippen molar-refractivity contribution < 1.29 is 9.72 Å². The van der Waals surface area contributed by atoms with E-state index in [4.69, 9.17) is 10.1 Å². The van der Waals surface area contributed by atoms with E-state index in [1.54, 1.807) is 28.6 Å². The lowest BCUT2D eigenvalue weighted by Gasteiger charge is -2.38. The Bertz CT molecular complexity index is 1370. The molecule has 3 aromatic rings. The first-order chi connectivity index (χ1) is 16.6. The Kier molecular flexibility index (Phi) is 5.75. The van der Waals surface area contributed by atoms with Crippen molar-refractivity contribution in [3.05, 3.63) is 86.1 Å². The third-order valence-corrected chi connectivity index (χ3v) is 7.48. The van der Waals surface area contributed by atoms with Gasteiger partial charge in [0.25, 0.3) is 5.69 Å². The molecule has 1 aromatic heterocycles. The van der Waals surface area contributed by atoms with E-state index in [2.05, 4.69) is 51.2 Å². The number of nitrogens with one attached hydrogen (secondary N) is 1. The third-order valence-electron chi connectivity index (χ3n) is 6.59. The maximum absolute atomic E-state index is 13.3. The number of rotatable bonds is 5. The van der Waals surface area contributed by atoms with Gasteiger partial charge in [0.1, 0.15) is 6.04 Å². The summed E-state index contributed by atoms with van der Waals surface area (Å²) in [4.78, 5) is 28.8. The van der Waals surface area contributed by atoms with E-state index in [0.29, 0.717) is 23.1 Å². The summed E-state index contributed by atoms with van der Waals surface area (Å²) >= 11 is 1.55. The molecule has 0 amide bonds. The smallest absolute Gasteiger partial charge is 0.269 e. The minimum Gasteiger partial charge on any atom is -0.328 e. The van der Waals surface area contributed by atoms with E-state index in [0.717, 1.165) is 23.4 Å². The molecule has 35 heavy (non-hydrogen) atoms. The molecule has 1 atom stereocenters. The Balaban J connectivity index is 1.53. The number of carbonyl (C=O) groups excluding carboxylic acids is 1. The number of nitro groups is 1. The largest absolute Gasteiger partial charge is 0.328 e. The van der Waals surface area contributed by atoms with Gasteiger partial charge in [0.15, 0.2) is 5.78 Å². The summed E-state index contributed by atoms with van der Waals surface area (Å²) in [6, 6.07) is 12.3. The van der Waals surface area contributed by atoms with Crippen LogP contribution in [-0.2, 0) is 10.5 Å². The van der Waals surface area contributed by atoms with Crippen LogP contribution in [0.2, 0.25) is 0 Å². The molecule has 1 aliphatic heterocycles. The molecule has 0 fully saturated rings. The molecule has 2 aromatic carbocycles. The number of allylic oxidation sites excluding steroid dienone is 2. The molecule has 8 nitrogen and oxygen atoms in total. The van der Waals surface area contributed by atoms with E-state index >= 15 is 0 Å². The van der Waals surface area contributed by atoms with Crippen LogP contribution in [0.5, 0.6) is 0 Å². The molecule has 2 aliphatic rings. The number of anilines is 1. The molecule has 0 spiro atoms. The highest BCUT2D eigenvalue weighted by Crippen LogP contribution is 2.45. The lowest BCUT2D eigenvalue weighted by molar-refractivity contribution is -0.384. The first kappa shape index (κ1) is 23.3. The molecule has 2 heterocycles. The molecule has 0 radical (unpaired) electrons. The van der Waals surface area contributed by atoms with Crippen LogP contribution in [0.4, 0.5) is 11.6 Å². The fraction of sp³-hybridized carbons (Fsp3) is 0.346. The zero-order valence-electron chi connectivity index (χ0n) is 20.2. The van der Waals surface area contributed by atoms with Gasteiger partial charge in [0, 0.05) is 35.6 Å². The second-order valence-electron chi connectivity index (χ2n) is 10.1. The van der Waals surface area contributed by atoms with Crippen molar-refractivity contribution in [1.82, 2.24) is 14.8 Å². The lowest BCUT2D eigenvalue weighted by atomic mass is 9.73. The van der Waals surface area contributed by atoms with Gasteiger partial charge >= 0.3 is 0 Å². The predicted molar refractivity (Wildman–Crippen MR) is 135 cm³/mol. The Labute approximate surface area is 208 Å². The normalized spacial score (nSPS) is 18.6. The van der Waals surface area contributed by atoms with Crippen LogP contribution >= 0.6 is 11.8 Å². The number of Topliss-reactive ketones (excluding diaryl/α,β-unsaturated/α-hetero) is 1. The highest BCUT2D eigenvalue weighted by Gasteiger charge is 2.42. The number of hydrogen-bond acceptors (Lipinski definition) is 7. The van der Waals surface area contributed by atoms with Gasteiger partial charge in [-0.1, -0.05) is 49.4 Å². The number of hydrogen-bond donors (Lipinski definition) is 1. The van der Waals surface area contributed by atoms with Gasteiger partial charge in [0.05, 0.1) is 4.92 Å². The van der Waals surface area contributed by atoms with Gasteiger partial charge in [-0.2, -0.15) is 4.98 Å². The number of non-ortho nitro benzene ring substituents is 1. The Morgan fingerprint density at radius 3 is 2.63 bits per heavy atom. The van der Waals surface area contributed by atoms with Gasteiger partial charge in [-0.3, -0.25) is 14.9 Å². The lowest BCUT2D eigenvalue weighted by Crippen LogP contribution is -2.36. The van der Waals surface area contributed by atoms with E-state index in [1.807, 2.05) is 0 Å². The summed E-state index contributed by atoms with van der Waals surface area (Å²) in [6.45, 7) is 8.34. The monoisotopic (exact) mass is 489 g/mol. The van der Waals surface area contributed by atoms with E-state index in [9.17, 15) is 14.9 Å². The highest BCUT2D eigenvalue weighted by molar-refractivity contribution is 7.98. The second-order valence-corrected chi connectivity index (χ2v) is 11.0. The molecule has 1 N–H and O–H groups in total. The van der Waals surface area contributed by atoms with Gasteiger partial charge in [-0.05, 0) is 54.5 Å². The summed E-state index contributed by atoms with van der Waals surface area (Å²) in [5.41, 5.74) is 5.82. The zero-order valence-corrected chi connectivity index (χ0v) is 21.0. The molecule has 9 heteroatoms. The third kappa shape index (κ3) is 4.48. The summed E-state index contributed by atoms with van der Waals surface area (Å²) in [5, 5.41) is 20.0. The topological polar surface area (TPSA) is 103 Å². The van der Waals surface area contributed by atoms with Gasteiger partial charge < -0.3 is 5.32 Å². The van der Waals surface area contributed by atoms with Crippen LogP contribution in [0, 0.1) is 29.4 Å². The maximum atomic E-state index is 13.3. The highest BCUT2D eigenvalue weighted by atomic mass is 32.2. The molecular weight excluding hydrogens is 462 g/mol. The summed E-state index contributed by atoms with van der Waals surface area (Å²) in [5.74, 6) is 1.39. The molecule has 0 saturated carbocycles. The van der Waals surface area contributed by atoms with Crippen LogP contribution in [0.3, 0.4) is 0 Å². The Morgan fingerprint density at radius 1 is 1.17 bits per heavy atom. The van der Waals surface area contributed by atoms with Crippen LogP contribution in [-0.4, -0.2) is 25.5 Å². The second kappa shape index (κ2) is 8.64. The van der Waals surface area contributed by atoms with E-state index in [1.165, 1.54) is 28.8 Å². The molecule has 5 rings (SSSR count). The van der Waals surface area contributed by atoms with Crippen molar-refractivity contribution >= 4 is 29.2 Å². The van der Waals surface area contributed by atoms with Crippen molar-refractivity contribution in [2.24, 2.45) is 5.41 Å². The predicted octanol–water partition coefficient (Wildman–Crippen LogP) is 5.75. The first-order valence-electron chi connectivity index (χ1n) is 11.5. The van der Waals surface area contributed by atoms with Gasteiger partial charge in [-0.25, -0.2) is 4.68 Å². The summed E-state index contributed by atoms with van der Waals surface area (Å²) in [6.07, 6.45) is 1.16. The quantitative estimate of drug-likeness (QED) is 0.276. The molecule has 180 valence electrons. The Morgan fingerprint density at radius 2 is 1.91 bits per heavy atom. The van der Waals surface area contributed by atoms with Gasteiger partial charge in [0.2, 0.25) is 11.1 Å². The van der Waals surface area contributed by atoms with Crippen molar-refractivity contribution in [2.75, 3.05) is 5.32 Å². The molecule has 0 unspecified atom stereocenters. The first-order valence-corrected chi connectivity index (χ1v) is 12.5. The summed E-state index contributed by atoms with van der Waals surface area (Å²) in [7, 11) is 0. The minimum atomic E-state index is -0.479. The molecular formula is C26H27N5O3S. The number of thioether (sulfide) groups is 1. The number of fused-ring (bicyclic) bond motifs is 1. The number of nitro benzene ring substituents is 1. The van der Waals surface area contributed by atoms with Crippen molar-refractivity contribution in [2.45, 2.75) is 57.5 Å². The number of benzene rings is 2. The van der Waals surface area contributed by atoms with Gasteiger partial charge in [-0.15, -0.1) is 5.10 Å². The number of aromatic nitrogens is 3. The summed E-state index contributed by atoms with van der Waals surface area (Å²) < 4.78 is 1.75. The van der Waals surface area contributed by atoms with E-state index < -0.39 is 11.0 Å². The van der Waals surface area contributed by atoms with Crippen LogP contribution in [0.25, 0.3) is 0 Å². The van der Waals surface area contributed by atoms with Crippen molar-refractivity contribution in [3.8, 4) is 0 Å². The van der Waals surface area contributed by atoms with Crippen LogP contribution in [0.1, 0.15) is 55.0 Å². The SMILES string of the molecule is Cc1ccc(C)c(CSc2nc3n(n2)[C@H](c2ccc([N+](=O)[O-])cc2)C2=C(CC(C)(C)CC2=O)N3)c1. The van der Waals surface area contributed by atoms with Crippen LogP contribution < -0.4 is 5.32 Å². The van der Waals surface area contributed by atoms with Crippen LogP contribution in [0.15, 0.2) is 58.9 Å². The molecule has 0 bridgehead atoms. The van der Waals surface area contributed by atoms with Crippen molar-refractivity contribution in [1.29, 1.82) is 0 Å². The fourth-order valence-corrected chi connectivity index (χ4v) is 5.73.